The van der Waals surface area contributed by atoms with Crippen LogP contribution in [-0.2, 0) is 6.42 Å². The van der Waals surface area contributed by atoms with Crippen LogP contribution in [0.4, 0.5) is 10.2 Å². The fraction of sp³-hybridized carbons (Fsp3) is 0.182. The summed E-state index contributed by atoms with van der Waals surface area (Å²) in [4.78, 5) is 11.4. The molecule has 6 nitrogen and oxygen atoms in total. The molecule has 6 rings (SSSR count). The zero-order valence-electron chi connectivity index (χ0n) is 15.6. The standard InChI is InChI=1S/C22H19FN6/c23-15-3-5-18-13(7-15)8-16(26-18)9-14-11-25-29(21(14)24)17-4-6-19-20(10-17)28-22(27-19)12-1-2-12/h3-8,10-12,26H,1-2,9,24H2,(H,27,28). The van der Waals surface area contributed by atoms with Gasteiger partial charge in [0.1, 0.15) is 17.5 Å². The Morgan fingerprint density at radius 1 is 1.07 bits per heavy atom. The van der Waals surface area contributed by atoms with Gasteiger partial charge in [0.25, 0.3) is 0 Å². The number of fused-ring (bicyclic) bond motifs is 2. The van der Waals surface area contributed by atoms with Crippen LogP contribution in [0.25, 0.3) is 27.6 Å². The molecule has 0 aliphatic heterocycles. The normalized spacial score (nSPS) is 14.2. The van der Waals surface area contributed by atoms with Crippen molar-refractivity contribution >= 4 is 27.8 Å². The number of imidazole rings is 1. The lowest BCUT2D eigenvalue weighted by molar-refractivity contribution is 0.630. The number of benzene rings is 2. The number of aromatic amines is 2. The van der Waals surface area contributed by atoms with Gasteiger partial charge < -0.3 is 15.7 Å². The number of nitrogens with zero attached hydrogens (tertiary/aromatic N) is 3. The van der Waals surface area contributed by atoms with Crippen LogP contribution in [0.1, 0.15) is 35.8 Å². The van der Waals surface area contributed by atoms with Gasteiger partial charge in [0.05, 0.1) is 22.9 Å². The van der Waals surface area contributed by atoms with Gasteiger partial charge in [0, 0.05) is 34.5 Å². The number of nitrogens with two attached hydrogens (primary N) is 1. The highest BCUT2D eigenvalue weighted by atomic mass is 19.1. The maximum Gasteiger partial charge on any atom is 0.130 e. The summed E-state index contributed by atoms with van der Waals surface area (Å²) in [5.74, 6) is 2.00. The molecule has 3 heterocycles. The van der Waals surface area contributed by atoms with Gasteiger partial charge in [-0.1, -0.05) is 0 Å². The molecule has 7 heteroatoms. The van der Waals surface area contributed by atoms with Crippen molar-refractivity contribution in [3.63, 3.8) is 0 Å². The van der Waals surface area contributed by atoms with Crippen LogP contribution in [0.3, 0.4) is 0 Å². The Bertz CT molecular complexity index is 1370. The van der Waals surface area contributed by atoms with E-state index in [9.17, 15) is 4.39 Å². The number of hydrogen-bond acceptors (Lipinski definition) is 3. The molecule has 2 aromatic carbocycles. The average Bonchev–Trinajstić information content (AvgIpc) is 3.20. The van der Waals surface area contributed by atoms with Crippen molar-refractivity contribution in [1.29, 1.82) is 0 Å². The zero-order chi connectivity index (χ0) is 19.5. The number of rotatable bonds is 4. The molecular weight excluding hydrogens is 367 g/mol. The lowest BCUT2D eigenvalue weighted by atomic mass is 10.1. The zero-order valence-corrected chi connectivity index (χ0v) is 15.6. The molecule has 144 valence electrons. The van der Waals surface area contributed by atoms with Crippen molar-refractivity contribution in [3.8, 4) is 5.69 Å². The van der Waals surface area contributed by atoms with Crippen molar-refractivity contribution < 1.29 is 4.39 Å². The smallest absolute Gasteiger partial charge is 0.130 e. The minimum absolute atomic E-state index is 0.242. The summed E-state index contributed by atoms with van der Waals surface area (Å²) in [6.07, 6.45) is 4.80. The van der Waals surface area contributed by atoms with Gasteiger partial charge in [0.2, 0.25) is 0 Å². The van der Waals surface area contributed by atoms with Crippen molar-refractivity contribution in [2.45, 2.75) is 25.2 Å². The number of anilines is 1. The second-order valence-electron chi connectivity index (χ2n) is 7.77. The van der Waals surface area contributed by atoms with Gasteiger partial charge in [-0.2, -0.15) is 5.10 Å². The second kappa shape index (κ2) is 5.94. The summed E-state index contributed by atoms with van der Waals surface area (Å²) in [7, 11) is 0. The van der Waals surface area contributed by atoms with E-state index >= 15 is 0 Å². The van der Waals surface area contributed by atoms with E-state index in [0.29, 0.717) is 18.2 Å². The van der Waals surface area contributed by atoms with Crippen LogP contribution in [0.5, 0.6) is 0 Å². The maximum absolute atomic E-state index is 13.4. The molecule has 0 atom stereocenters. The van der Waals surface area contributed by atoms with Crippen LogP contribution in [-0.4, -0.2) is 24.7 Å². The van der Waals surface area contributed by atoms with Gasteiger partial charge in [-0.25, -0.2) is 14.1 Å². The Hall–Kier alpha value is -3.61. The fourth-order valence-corrected chi connectivity index (χ4v) is 3.89. The molecule has 0 unspecified atom stereocenters. The fourth-order valence-electron chi connectivity index (χ4n) is 3.89. The molecular formula is C22H19FN6. The largest absolute Gasteiger partial charge is 0.383 e. The number of hydrogen-bond donors (Lipinski definition) is 3. The topological polar surface area (TPSA) is 88.3 Å². The highest BCUT2D eigenvalue weighted by molar-refractivity contribution is 5.81. The first-order valence-electron chi connectivity index (χ1n) is 9.73. The predicted molar refractivity (Wildman–Crippen MR) is 111 cm³/mol. The van der Waals surface area contributed by atoms with E-state index in [1.165, 1.54) is 25.0 Å². The molecule has 3 aromatic heterocycles. The van der Waals surface area contributed by atoms with Crippen molar-refractivity contribution in [1.82, 2.24) is 24.7 Å². The van der Waals surface area contributed by atoms with Gasteiger partial charge >= 0.3 is 0 Å². The van der Waals surface area contributed by atoms with Crippen LogP contribution >= 0.6 is 0 Å². The molecule has 0 bridgehead atoms. The summed E-state index contributed by atoms with van der Waals surface area (Å²) in [6, 6.07) is 12.7. The second-order valence-corrected chi connectivity index (χ2v) is 7.77. The van der Waals surface area contributed by atoms with Gasteiger partial charge in [-0.15, -0.1) is 0 Å². The third-order valence-electron chi connectivity index (χ3n) is 5.60. The number of halogens is 1. The molecule has 1 saturated carbocycles. The van der Waals surface area contributed by atoms with E-state index in [2.05, 4.69) is 15.1 Å². The monoisotopic (exact) mass is 386 g/mol. The van der Waals surface area contributed by atoms with Crippen LogP contribution in [0.2, 0.25) is 0 Å². The van der Waals surface area contributed by atoms with Crippen molar-refractivity contribution in [2.75, 3.05) is 5.73 Å². The first kappa shape index (κ1) is 16.4. The summed E-state index contributed by atoms with van der Waals surface area (Å²) in [5.41, 5.74) is 12.0. The summed E-state index contributed by atoms with van der Waals surface area (Å²) >= 11 is 0. The lowest BCUT2D eigenvalue weighted by Crippen LogP contribution is -2.03. The molecule has 4 N–H and O–H groups in total. The highest BCUT2D eigenvalue weighted by Gasteiger charge is 2.26. The van der Waals surface area contributed by atoms with Crippen molar-refractivity contribution in [3.05, 3.63) is 71.6 Å². The summed E-state index contributed by atoms with van der Waals surface area (Å²) in [6.45, 7) is 0. The molecule has 1 fully saturated rings. The number of nitrogens with one attached hydrogen (secondary N) is 2. The lowest BCUT2D eigenvalue weighted by Gasteiger charge is -2.05. The minimum atomic E-state index is -0.242. The molecule has 1 aliphatic carbocycles. The SMILES string of the molecule is Nc1c(Cc2cc3cc(F)ccc3[nH]2)cnn1-c1ccc2[nH]c(C3CC3)nc2c1. The molecule has 0 radical (unpaired) electrons. The maximum atomic E-state index is 13.4. The number of aromatic nitrogens is 5. The molecule has 0 spiro atoms. The minimum Gasteiger partial charge on any atom is -0.383 e. The third-order valence-corrected chi connectivity index (χ3v) is 5.60. The van der Waals surface area contributed by atoms with E-state index in [1.807, 2.05) is 24.3 Å². The quantitative estimate of drug-likeness (QED) is 0.427. The Morgan fingerprint density at radius 3 is 2.79 bits per heavy atom. The first-order chi connectivity index (χ1) is 14.1. The van der Waals surface area contributed by atoms with Crippen LogP contribution in [0, 0.1) is 5.82 Å². The van der Waals surface area contributed by atoms with Gasteiger partial charge in [0.15, 0.2) is 0 Å². The molecule has 0 saturated heterocycles. The van der Waals surface area contributed by atoms with E-state index in [0.717, 1.165) is 44.7 Å². The Morgan fingerprint density at radius 2 is 1.93 bits per heavy atom. The van der Waals surface area contributed by atoms with Gasteiger partial charge in [-0.05, 0) is 55.3 Å². The Balaban J connectivity index is 1.33. The first-order valence-corrected chi connectivity index (χ1v) is 9.73. The summed E-state index contributed by atoms with van der Waals surface area (Å²) < 4.78 is 15.2. The van der Waals surface area contributed by atoms with E-state index in [4.69, 9.17) is 10.7 Å². The molecule has 0 amide bonds. The summed E-state index contributed by atoms with van der Waals surface area (Å²) in [5, 5.41) is 5.34. The van der Waals surface area contributed by atoms with E-state index in [1.54, 1.807) is 16.9 Å². The third kappa shape index (κ3) is 2.77. The van der Waals surface area contributed by atoms with E-state index in [-0.39, 0.29) is 5.82 Å². The van der Waals surface area contributed by atoms with Crippen molar-refractivity contribution in [2.24, 2.45) is 0 Å². The predicted octanol–water partition coefficient (Wildman–Crippen LogP) is 4.42. The number of nitrogen functional groups attached to an aromatic ring is 1. The Labute approximate surface area is 165 Å². The highest BCUT2D eigenvalue weighted by Crippen LogP contribution is 2.39. The molecule has 29 heavy (non-hydrogen) atoms. The number of H-pyrrole nitrogens is 2. The average molecular weight is 386 g/mol. The van der Waals surface area contributed by atoms with Crippen LogP contribution in [0.15, 0.2) is 48.7 Å². The Kier molecular flexibility index (Phi) is 3.35. The van der Waals surface area contributed by atoms with E-state index < -0.39 is 0 Å². The van der Waals surface area contributed by atoms with Crippen LogP contribution < -0.4 is 5.73 Å². The van der Waals surface area contributed by atoms with Gasteiger partial charge in [-0.3, -0.25) is 0 Å². The molecule has 5 aromatic rings. The molecule has 1 aliphatic rings.